The Morgan fingerprint density at radius 3 is 2.37 bits per heavy atom. The van der Waals surface area contributed by atoms with E-state index in [4.69, 9.17) is 4.74 Å². The van der Waals surface area contributed by atoms with Gasteiger partial charge in [0.1, 0.15) is 0 Å². The number of ether oxygens (including phenoxy) is 1. The molecule has 1 atom stereocenters. The number of carbonyl (C=O) groups is 1. The number of nitrogens with zero attached hydrogens (tertiary/aromatic N) is 3. The molecule has 7 nitrogen and oxygen atoms in total. The molecule has 2 N–H and O–H groups in total. The molecule has 2 heterocycles. The predicted octanol–water partition coefficient (Wildman–Crippen LogP) is 2.83. The van der Waals surface area contributed by atoms with Crippen molar-refractivity contribution in [2.75, 3.05) is 13.1 Å². The molecule has 1 fully saturated rings. The number of aliphatic carboxylic acids is 1. The molecule has 1 saturated heterocycles. The summed E-state index contributed by atoms with van der Waals surface area (Å²) in [5.41, 5.74) is 0.714. The van der Waals surface area contributed by atoms with Crippen molar-refractivity contribution in [3.63, 3.8) is 0 Å². The number of hydrogen-bond donors (Lipinski definition) is 2. The van der Waals surface area contributed by atoms with E-state index in [-0.39, 0.29) is 6.04 Å². The number of carboxylic acid groups (broad SMARTS) is 1. The zero-order valence-corrected chi connectivity index (χ0v) is 17.5. The van der Waals surface area contributed by atoms with Crippen LogP contribution in [0, 0.1) is 5.41 Å². The Morgan fingerprint density at radius 1 is 1.33 bits per heavy atom. The number of aliphatic hydroxyl groups excluding tert-OH is 1. The zero-order chi connectivity index (χ0) is 20.4. The SMILES string of the molecule is CCc1nn(C(C)C)cc1CC1(C(=O)O)CCN(C(O)OC(C)(C)C)CC1. The maximum atomic E-state index is 12.2. The second-order valence-corrected chi connectivity index (χ2v) is 8.88. The van der Waals surface area contributed by atoms with E-state index < -0.39 is 23.4 Å². The maximum Gasteiger partial charge on any atom is 0.310 e. The molecule has 0 aliphatic carbocycles. The van der Waals surface area contributed by atoms with Gasteiger partial charge in [0.05, 0.1) is 16.7 Å². The molecule has 0 amide bonds. The molecule has 0 aromatic carbocycles. The highest BCUT2D eigenvalue weighted by Crippen LogP contribution is 2.37. The van der Waals surface area contributed by atoms with E-state index in [1.807, 2.05) is 43.5 Å². The summed E-state index contributed by atoms with van der Waals surface area (Å²) in [6.45, 7) is 12.8. The molecule has 1 aromatic heterocycles. The lowest BCUT2D eigenvalue weighted by Crippen LogP contribution is -2.51. The van der Waals surface area contributed by atoms with Crippen LogP contribution in [-0.4, -0.2) is 56.0 Å². The summed E-state index contributed by atoms with van der Waals surface area (Å²) in [6.07, 6.45) is 3.20. The van der Waals surface area contributed by atoms with Gasteiger partial charge in [0, 0.05) is 25.3 Å². The number of carboxylic acids is 1. The first-order valence-corrected chi connectivity index (χ1v) is 9.87. The van der Waals surface area contributed by atoms with Crippen LogP contribution in [0.25, 0.3) is 0 Å². The van der Waals surface area contributed by atoms with Crippen LogP contribution >= 0.6 is 0 Å². The monoisotopic (exact) mass is 381 g/mol. The van der Waals surface area contributed by atoms with Gasteiger partial charge < -0.3 is 14.9 Å². The summed E-state index contributed by atoms with van der Waals surface area (Å²) in [5.74, 6) is -0.771. The Kier molecular flexibility index (Phi) is 6.71. The molecule has 0 saturated carbocycles. The van der Waals surface area contributed by atoms with Crippen molar-refractivity contribution in [3.05, 3.63) is 17.5 Å². The number of aryl methyl sites for hydroxylation is 1. The summed E-state index contributed by atoms with van der Waals surface area (Å²) >= 11 is 0. The Labute approximate surface area is 162 Å². The number of likely N-dealkylation sites (tertiary alicyclic amines) is 1. The molecule has 7 heteroatoms. The molecular weight excluding hydrogens is 346 g/mol. The smallest absolute Gasteiger partial charge is 0.310 e. The summed E-state index contributed by atoms with van der Waals surface area (Å²) < 4.78 is 7.53. The van der Waals surface area contributed by atoms with Gasteiger partial charge in [0.2, 0.25) is 6.41 Å². The highest BCUT2D eigenvalue weighted by atomic mass is 16.6. The lowest BCUT2D eigenvalue weighted by atomic mass is 9.74. The topological polar surface area (TPSA) is 87.8 Å². The van der Waals surface area contributed by atoms with Crippen LogP contribution in [-0.2, 0) is 22.4 Å². The number of hydrogen-bond acceptors (Lipinski definition) is 5. The van der Waals surface area contributed by atoms with Gasteiger partial charge in [-0.15, -0.1) is 0 Å². The van der Waals surface area contributed by atoms with Gasteiger partial charge in [0.25, 0.3) is 0 Å². The average Bonchev–Trinajstić information content (AvgIpc) is 2.96. The van der Waals surface area contributed by atoms with Crippen LogP contribution in [0.2, 0.25) is 0 Å². The van der Waals surface area contributed by atoms with Crippen molar-refractivity contribution in [1.82, 2.24) is 14.7 Å². The minimum atomic E-state index is -1.01. The zero-order valence-electron chi connectivity index (χ0n) is 17.5. The first kappa shape index (κ1) is 21.9. The van der Waals surface area contributed by atoms with Gasteiger partial charge in [-0.05, 0) is 65.9 Å². The predicted molar refractivity (Wildman–Crippen MR) is 103 cm³/mol. The van der Waals surface area contributed by atoms with E-state index in [9.17, 15) is 15.0 Å². The number of aliphatic hydroxyl groups is 1. The third-order valence-corrected chi connectivity index (χ3v) is 5.27. The third kappa shape index (κ3) is 5.30. The first-order chi connectivity index (χ1) is 12.5. The molecule has 0 bridgehead atoms. The van der Waals surface area contributed by atoms with E-state index >= 15 is 0 Å². The standard InChI is InChI=1S/C20H35N3O4/c1-7-16-15(13-23(21-16)14(2)3)12-20(17(24)25)8-10-22(11-9-20)18(26)27-19(4,5)6/h13-14,18,26H,7-12H2,1-6H3,(H,24,25). The highest BCUT2D eigenvalue weighted by molar-refractivity contribution is 5.75. The molecule has 0 spiro atoms. The van der Waals surface area contributed by atoms with Gasteiger partial charge in [-0.3, -0.25) is 14.4 Å². The molecule has 27 heavy (non-hydrogen) atoms. The van der Waals surface area contributed by atoms with Crippen LogP contribution in [0.3, 0.4) is 0 Å². The molecule has 2 rings (SSSR count). The molecular formula is C20H35N3O4. The first-order valence-electron chi connectivity index (χ1n) is 9.87. The normalized spacial score (nSPS) is 19.4. The summed E-state index contributed by atoms with van der Waals surface area (Å²) in [6, 6.07) is 0.247. The van der Waals surface area contributed by atoms with Crippen LogP contribution in [0.4, 0.5) is 0 Å². The number of aromatic nitrogens is 2. The van der Waals surface area contributed by atoms with Crippen molar-refractivity contribution < 1.29 is 19.7 Å². The fourth-order valence-electron chi connectivity index (χ4n) is 3.57. The minimum absolute atomic E-state index is 0.247. The number of piperidine rings is 1. The Bertz CT molecular complexity index is 640. The van der Waals surface area contributed by atoms with Crippen LogP contribution in [0.5, 0.6) is 0 Å². The lowest BCUT2D eigenvalue weighted by Gasteiger charge is -2.41. The minimum Gasteiger partial charge on any atom is -0.481 e. The van der Waals surface area contributed by atoms with Gasteiger partial charge >= 0.3 is 5.97 Å². The Hall–Kier alpha value is -1.44. The third-order valence-electron chi connectivity index (χ3n) is 5.27. The van der Waals surface area contributed by atoms with E-state index in [0.717, 1.165) is 17.7 Å². The van der Waals surface area contributed by atoms with Crippen LogP contribution < -0.4 is 0 Å². The summed E-state index contributed by atoms with van der Waals surface area (Å²) in [4.78, 5) is 14.0. The maximum absolute atomic E-state index is 12.2. The van der Waals surface area contributed by atoms with E-state index in [1.54, 1.807) is 0 Å². The molecule has 1 aliphatic heterocycles. The molecule has 1 unspecified atom stereocenters. The van der Waals surface area contributed by atoms with E-state index in [0.29, 0.717) is 32.4 Å². The van der Waals surface area contributed by atoms with E-state index in [1.165, 1.54) is 0 Å². The molecule has 1 aromatic rings. The van der Waals surface area contributed by atoms with Crippen molar-refractivity contribution in [1.29, 1.82) is 0 Å². The lowest BCUT2D eigenvalue weighted by molar-refractivity contribution is -0.246. The molecule has 1 aliphatic rings. The van der Waals surface area contributed by atoms with Gasteiger partial charge in [0.15, 0.2) is 0 Å². The fraction of sp³-hybridized carbons (Fsp3) is 0.800. The van der Waals surface area contributed by atoms with Crippen LogP contribution in [0.15, 0.2) is 6.20 Å². The summed E-state index contributed by atoms with van der Waals surface area (Å²) in [7, 11) is 0. The highest BCUT2D eigenvalue weighted by Gasteiger charge is 2.43. The average molecular weight is 382 g/mol. The van der Waals surface area contributed by atoms with Gasteiger partial charge in [-0.2, -0.15) is 5.10 Å². The van der Waals surface area contributed by atoms with Crippen molar-refractivity contribution in [2.45, 2.75) is 85.3 Å². The van der Waals surface area contributed by atoms with Crippen LogP contribution in [0.1, 0.15) is 71.7 Å². The van der Waals surface area contributed by atoms with Crippen molar-refractivity contribution in [2.24, 2.45) is 5.41 Å². The molecule has 0 radical (unpaired) electrons. The largest absolute Gasteiger partial charge is 0.481 e. The quantitative estimate of drug-likeness (QED) is 0.706. The van der Waals surface area contributed by atoms with Crippen molar-refractivity contribution in [3.8, 4) is 0 Å². The van der Waals surface area contributed by atoms with E-state index in [2.05, 4.69) is 18.9 Å². The summed E-state index contributed by atoms with van der Waals surface area (Å²) in [5, 5.41) is 24.9. The Morgan fingerprint density at radius 2 is 1.93 bits per heavy atom. The van der Waals surface area contributed by atoms with Gasteiger partial charge in [-0.25, -0.2) is 0 Å². The Balaban J connectivity index is 2.14. The van der Waals surface area contributed by atoms with Gasteiger partial charge in [-0.1, -0.05) is 6.92 Å². The number of rotatable bonds is 7. The second-order valence-electron chi connectivity index (χ2n) is 8.88. The molecule has 154 valence electrons. The fourth-order valence-corrected chi connectivity index (χ4v) is 3.57. The van der Waals surface area contributed by atoms with Crippen molar-refractivity contribution >= 4 is 5.97 Å². The second kappa shape index (κ2) is 8.29.